The van der Waals surface area contributed by atoms with Crippen LogP contribution in [0.15, 0.2) is 85.5 Å². The molecule has 1 aliphatic rings. The van der Waals surface area contributed by atoms with Crippen molar-refractivity contribution in [1.29, 1.82) is 0 Å². The molecule has 0 aliphatic carbocycles. The van der Waals surface area contributed by atoms with E-state index in [0.717, 1.165) is 11.3 Å². The molecule has 4 N–H and O–H groups in total. The lowest BCUT2D eigenvalue weighted by atomic mass is 10.1. The van der Waals surface area contributed by atoms with Gasteiger partial charge in [-0.05, 0) is 30.7 Å². The summed E-state index contributed by atoms with van der Waals surface area (Å²) in [7, 11) is -4.49. The van der Waals surface area contributed by atoms with Crippen LogP contribution in [0, 0.1) is 0 Å². The third-order valence-electron chi connectivity index (χ3n) is 6.26. The first-order valence-electron chi connectivity index (χ1n) is 12.2. The molecular formula is C26H28N7O5P. The molecule has 12 nitrogen and oxygen atoms in total. The van der Waals surface area contributed by atoms with Crippen molar-refractivity contribution in [2.24, 2.45) is 0 Å². The minimum Gasteiger partial charge on any atom is -0.382 e. The molecule has 5 rings (SSSR count). The predicted octanol–water partition coefficient (Wildman–Crippen LogP) is 3.19. The zero-order valence-electron chi connectivity index (χ0n) is 21.1. The molecule has 0 radical (unpaired) electrons. The summed E-state index contributed by atoms with van der Waals surface area (Å²) in [5, 5.41) is 2.17. The molecule has 0 saturated heterocycles. The molecule has 39 heavy (non-hydrogen) atoms. The van der Waals surface area contributed by atoms with Crippen molar-refractivity contribution < 1.29 is 23.5 Å². The standard InChI is InChI=1S/C26H28N7O5P/c1-18(32(20-10-6-3-7-11-20)14-19-8-4-2-5-9-19)26(34)31-39(35,36)37-15-21-12-13-22(38-21)33-17-30-23-24(27)28-16-29-25(23)33/h2-13,16-18,21-22H,14-15H2,1H3,(H2,27,28,29)(H2,31,34,35,36)/t18-,21-,22+/m0/s1. The van der Waals surface area contributed by atoms with Crippen LogP contribution in [0.3, 0.4) is 0 Å². The fourth-order valence-corrected chi connectivity index (χ4v) is 5.11. The van der Waals surface area contributed by atoms with Gasteiger partial charge in [-0.1, -0.05) is 54.6 Å². The molecule has 2 aromatic heterocycles. The first-order valence-corrected chi connectivity index (χ1v) is 13.8. The lowest BCUT2D eigenvalue weighted by Gasteiger charge is -2.31. The molecule has 4 atom stereocenters. The Hall–Kier alpha value is -4.09. The Balaban J connectivity index is 1.19. The molecule has 3 heterocycles. The number of nitrogens with one attached hydrogen (secondary N) is 1. The summed E-state index contributed by atoms with van der Waals surface area (Å²) in [4.78, 5) is 37.7. The molecule has 1 amide bonds. The van der Waals surface area contributed by atoms with Crippen LogP contribution in [0.2, 0.25) is 0 Å². The van der Waals surface area contributed by atoms with Gasteiger partial charge in [0.15, 0.2) is 17.7 Å². The number of nitrogens with zero attached hydrogens (tertiary/aromatic N) is 5. The van der Waals surface area contributed by atoms with Crippen LogP contribution in [0.1, 0.15) is 18.7 Å². The highest BCUT2D eigenvalue weighted by Gasteiger charge is 2.31. The second-order valence-corrected chi connectivity index (χ2v) is 10.5. The number of hydrogen-bond acceptors (Lipinski definition) is 9. The van der Waals surface area contributed by atoms with Gasteiger partial charge in [0.2, 0.25) is 0 Å². The third kappa shape index (κ3) is 6.15. The van der Waals surface area contributed by atoms with E-state index < -0.39 is 32.0 Å². The Kier molecular flexibility index (Phi) is 7.71. The highest BCUT2D eigenvalue weighted by atomic mass is 31.2. The molecule has 2 aromatic carbocycles. The fourth-order valence-electron chi connectivity index (χ4n) is 4.23. The zero-order valence-corrected chi connectivity index (χ0v) is 22.0. The summed E-state index contributed by atoms with van der Waals surface area (Å²) in [6.45, 7) is 1.84. The first kappa shape index (κ1) is 26.5. The molecule has 0 spiro atoms. The van der Waals surface area contributed by atoms with Gasteiger partial charge >= 0.3 is 7.75 Å². The number of nitrogens with two attached hydrogens (primary N) is 1. The number of benzene rings is 2. The van der Waals surface area contributed by atoms with Gasteiger partial charge in [0.25, 0.3) is 5.91 Å². The number of aromatic nitrogens is 4. The minimum absolute atomic E-state index is 0.251. The SMILES string of the molecule is C[C@@H](C(=O)NP(=O)(O)OC[C@@H]1C=C[C@H](n2cnc3c(N)ncnc32)O1)N(Cc1ccccc1)c1ccccc1. The highest BCUT2D eigenvalue weighted by Crippen LogP contribution is 2.38. The molecule has 4 aromatic rings. The minimum atomic E-state index is -4.49. The predicted molar refractivity (Wildman–Crippen MR) is 145 cm³/mol. The van der Waals surface area contributed by atoms with E-state index in [9.17, 15) is 14.3 Å². The third-order valence-corrected chi connectivity index (χ3v) is 7.26. The largest absolute Gasteiger partial charge is 0.432 e. The van der Waals surface area contributed by atoms with E-state index in [0.29, 0.717) is 17.7 Å². The second kappa shape index (κ2) is 11.3. The monoisotopic (exact) mass is 549 g/mol. The normalized spacial score (nSPS) is 19.0. The molecule has 1 unspecified atom stereocenters. The van der Waals surface area contributed by atoms with Crippen LogP contribution in [-0.4, -0.2) is 49.1 Å². The second-order valence-electron chi connectivity index (χ2n) is 8.95. The molecule has 13 heteroatoms. The summed E-state index contributed by atoms with van der Waals surface area (Å²) in [6, 6.07) is 18.3. The summed E-state index contributed by atoms with van der Waals surface area (Å²) >= 11 is 0. The van der Waals surface area contributed by atoms with Gasteiger partial charge in [-0.3, -0.25) is 19.0 Å². The van der Waals surface area contributed by atoms with E-state index in [1.165, 1.54) is 12.7 Å². The molecule has 0 saturated carbocycles. The smallest absolute Gasteiger partial charge is 0.382 e. The van der Waals surface area contributed by atoms with E-state index >= 15 is 0 Å². The van der Waals surface area contributed by atoms with Gasteiger partial charge in [0.1, 0.15) is 24.0 Å². The van der Waals surface area contributed by atoms with Gasteiger partial charge in [0, 0.05) is 12.2 Å². The summed E-state index contributed by atoms with van der Waals surface area (Å²) in [5.41, 5.74) is 8.57. The van der Waals surface area contributed by atoms with Crippen LogP contribution >= 0.6 is 7.75 Å². The molecular weight excluding hydrogens is 521 g/mol. The zero-order chi connectivity index (χ0) is 27.4. The number of rotatable bonds is 10. The van der Waals surface area contributed by atoms with Crippen LogP contribution in [0.5, 0.6) is 0 Å². The van der Waals surface area contributed by atoms with Gasteiger partial charge in [-0.15, -0.1) is 0 Å². The van der Waals surface area contributed by atoms with Gasteiger partial charge < -0.3 is 20.3 Å². The number of ether oxygens (including phenoxy) is 1. The summed E-state index contributed by atoms with van der Waals surface area (Å²) < 4.78 is 25.6. The fraction of sp³-hybridized carbons (Fsp3) is 0.231. The summed E-state index contributed by atoms with van der Waals surface area (Å²) in [5.74, 6) is -0.398. The number of fused-ring (bicyclic) bond motifs is 1. The number of carbonyl (C=O) groups is 1. The van der Waals surface area contributed by atoms with Crippen LogP contribution in [-0.2, 0) is 25.2 Å². The number of amides is 1. The highest BCUT2D eigenvalue weighted by molar-refractivity contribution is 7.51. The van der Waals surface area contributed by atoms with Crippen molar-refractivity contribution >= 4 is 36.3 Å². The topological polar surface area (TPSA) is 158 Å². The number of hydrogen-bond donors (Lipinski definition) is 3. The van der Waals surface area contributed by atoms with Gasteiger partial charge in [0.05, 0.1) is 12.9 Å². The number of para-hydroxylation sites is 1. The van der Waals surface area contributed by atoms with E-state index in [1.807, 2.05) is 65.6 Å². The van der Waals surface area contributed by atoms with E-state index in [2.05, 4.69) is 20.0 Å². The van der Waals surface area contributed by atoms with Gasteiger partial charge in [-0.25, -0.2) is 19.5 Å². The Bertz CT molecular complexity index is 1520. The molecule has 0 fully saturated rings. The van der Waals surface area contributed by atoms with Crippen LogP contribution in [0.25, 0.3) is 11.2 Å². The van der Waals surface area contributed by atoms with Crippen LogP contribution < -0.4 is 15.7 Å². The maximum atomic E-state index is 13.1. The van der Waals surface area contributed by atoms with E-state index in [-0.39, 0.29) is 12.4 Å². The first-order chi connectivity index (χ1) is 18.8. The van der Waals surface area contributed by atoms with Crippen molar-refractivity contribution in [3.05, 3.63) is 91.0 Å². The Morgan fingerprint density at radius 1 is 1.15 bits per heavy atom. The van der Waals surface area contributed by atoms with Crippen molar-refractivity contribution in [2.75, 3.05) is 17.2 Å². The molecule has 202 valence electrons. The average Bonchev–Trinajstić information content (AvgIpc) is 3.59. The van der Waals surface area contributed by atoms with E-state index in [1.54, 1.807) is 23.6 Å². The Morgan fingerprint density at radius 2 is 1.87 bits per heavy atom. The van der Waals surface area contributed by atoms with Crippen molar-refractivity contribution in [3.63, 3.8) is 0 Å². The Labute approximate surface area is 224 Å². The van der Waals surface area contributed by atoms with Crippen molar-refractivity contribution in [1.82, 2.24) is 24.6 Å². The molecule has 1 aliphatic heterocycles. The van der Waals surface area contributed by atoms with E-state index in [4.69, 9.17) is 15.0 Å². The summed E-state index contributed by atoms with van der Waals surface area (Å²) in [6.07, 6.45) is 5.10. The number of imidazole rings is 1. The maximum absolute atomic E-state index is 13.1. The van der Waals surface area contributed by atoms with Gasteiger partial charge in [-0.2, -0.15) is 0 Å². The van der Waals surface area contributed by atoms with Crippen LogP contribution in [0.4, 0.5) is 11.5 Å². The lowest BCUT2D eigenvalue weighted by molar-refractivity contribution is -0.120. The number of carbonyl (C=O) groups excluding carboxylic acids is 1. The maximum Gasteiger partial charge on any atom is 0.432 e. The van der Waals surface area contributed by atoms with Crippen molar-refractivity contribution in [2.45, 2.75) is 31.8 Å². The molecule has 0 bridgehead atoms. The quantitative estimate of drug-likeness (QED) is 0.198. The average molecular weight is 550 g/mol. The number of anilines is 2. The lowest BCUT2D eigenvalue weighted by Crippen LogP contribution is -2.44. The van der Waals surface area contributed by atoms with Crippen molar-refractivity contribution in [3.8, 4) is 0 Å². The number of nitrogen functional groups attached to an aromatic ring is 1. The Morgan fingerprint density at radius 3 is 2.62 bits per heavy atom.